The average Bonchev–Trinajstić information content (AvgIpc) is 2.32. The van der Waals surface area contributed by atoms with E-state index >= 15 is 0 Å². The van der Waals surface area contributed by atoms with E-state index in [1.807, 2.05) is 6.92 Å². The fraction of sp³-hybridized carbons (Fsp3) is 0.917. The van der Waals surface area contributed by atoms with Gasteiger partial charge in [0.05, 0.1) is 26.4 Å². The van der Waals surface area contributed by atoms with Crippen molar-refractivity contribution in [3.05, 3.63) is 0 Å². The van der Waals surface area contributed by atoms with Gasteiger partial charge in [-0.25, -0.2) is 4.79 Å². The molecule has 0 aliphatic heterocycles. The molecule has 0 rings (SSSR count). The minimum Gasteiger partial charge on any atom is -0.465 e. The van der Waals surface area contributed by atoms with Gasteiger partial charge in [-0.05, 0) is 26.8 Å². The minimum atomic E-state index is -0.778. The fourth-order valence-electron chi connectivity index (χ4n) is 1.29. The van der Waals surface area contributed by atoms with Crippen molar-refractivity contribution >= 4 is 5.97 Å². The van der Waals surface area contributed by atoms with Crippen LogP contribution in [-0.4, -0.2) is 51.6 Å². The molecule has 5 heteroatoms. The molecule has 1 unspecified atom stereocenters. The molecular weight excluding hydrogens is 222 g/mol. The summed E-state index contributed by atoms with van der Waals surface area (Å²) in [5, 5.41) is 3.17. The molecule has 0 aliphatic rings. The number of hydrogen-bond donors (Lipinski definition) is 1. The average molecular weight is 247 g/mol. The highest BCUT2D eigenvalue weighted by atomic mass is 16.5. The van der Waals surface area contributed by atoms with Crippen molar-refractivity contribution in [1.29, 1.82) is 0 Å². The number of methoxy groups -OCH3 is 1. The lowest BCUT2D eigenvalue weighted by Gasteiger charge is -2.28. The van der Waals surface area contributed by atoms with Crippen molar-refractivity contribution in [2.45, 2.75) is 32.7 Å². The van der Waals surface area contributed by atoms with Crippen molar-refractivity contribution in [3.63, 3.8) is 0 Å². The van der Waals surface area contributed by atoms with Gasteiger partial charge in [-0.15, -0.1) is 0 Å². The first kappa shape index (κ1) is 16.4. The Morgan fingerprint density at radius 3 is 2.53 bits per heavy atom. The normalized spacial score (nSPS) is 14.4. The molecule has 0 saturated carbocycles. The predicted octanol–water partition coefficient (Wildman–Crippen LogP) is 0.971. The summed E-state index contributed by atoms with van der Waals surface area (Å²) in [4.78, 5) is 11.8. The van der Waals surface area contributed by atoms with Crippen LogP contribution in [0.25, 0.3) is 0 Å². The quantitative estimate of drug-likeness (QED) is 0.460. The molecule has 1 N–H and O–H groups in total. The molecule has 0 saturated heterocycles. The molecule has 1 atom stereocenters. The highest BCUT2D eigenvalue weighted by Gasteiger charge is 2.34. The second-order valence-corrected chi connectivity index (χ2v) is 4.02. The van der Waals surface area contributed by atoms with Crippen LogP contribution in [0.5, 0.6) is 0 Å². The lowest BCUT2D eigenvalue weighted by Crippen LogP contribution is -2.54. The van der Waals surface area contributed by atoms with Gasteiger partial charge < -0.3 is 19.5 Å². The molecular formula is C12H25NO4. The maximum absolute atomic E-state index is 11.8. The van der Waals surface area contributed by atoms with Crippen LogP contribution in [0.3, 0.4) is 0 Å². The van der Waals surface area contributed by atoms with Gasteiger partial charge >= 0.3 is 5.97 Å². The lowest BCUT2D eigenvalue weighted by atomic mass is 10.0. The molecule has 0 amide bonds. The molecule has 0 aromatic rings. The van der Waals surface area contributed by atoms with Gasteiger partial charge in [0.25, 0.3) is 0 Å². The van der Waals surface area contributed by atoms with Crippen LogP contribution < -0.4 is 5.32 Å². The Kier molecular flexibility index (Phi) is 9.03. The number of ether oxygens (including phenoxy) is 3. The van der Waals surface area contributed by atoms with Crippen LogP contribution in [-0.2, 0) is 19.0 Å². The summed E-state index contributed by atoms with van der Waals surface area (Å²) in [6, 6.07) is 0. The Bertz CT molecular complexity index is 211. The third-order valence-corrected chi connectivity index (χ3v) is 2.31. The lowest BCUT2D eigenvalue weighted by molar-refractivity contribution is -0.153. The summed E-state index contributed by atoms with van der Waals surface area (Å²) in [5.41, 5.74) is -0.778. The topological polar surface area (TPSA) is 56.8 Å². The molecule has 5 nitrogen and oxygen atoms in total. The van der Waals surface area contributed by atoms with Gasteiger partial charge in [0.15, 0.2) is 0 Å². The molecule has 0 aliphatic carbocycles. The van der Waals surface area contributed by atoms with Crippen molar-refractivity contribution in [1.82, 2.24) is 5.32 Å². The SMILES string of the molecule is CCCNC(C)(COCCOC)C(=O)OCC. The largest absolute Gasteiger partial charge is 0.465 e. The summed E-state index contributed by atoms with van der Waals surface area (Å²) in [6.07, 6.45) is 0.951. The van der Waals surface area contributed by atoms with E-state index in [4.69, 9.17) is 14.2 Å². The second-order valence-electron chi connectivity index (χ2n) is 4.02. The van der Waals surface area contributed by atoms with Gasteiger partial charge in [-0.2, -0.15) is 0 Å². The first-order valence-corrected chi connectivity index (χ1v) is 6.09. The van der Waals surface area contributed by atoms with Crippen molar-refractivity contribution < 1.29 is 19.0 Å². The van der Waals surface area contributed by atoms with Crippen LogP contribution >= 0.6 is 0 Å². The number of carbonyl (C=O) groups is 1. The first-order valence-electron chi connectivity index (χ1n) is 6.09. The Morgan fingerprint density at radius 1 is 1.29 bits per heavy atom. The van der Waals surface area contributed by atoms with E-state index in [1.54, 1.807) is 21.0 Å². The predicted molar refractivity (Wildman–Crippen MR) is 66.0 cm³/mol. The Balaban J connectivity index is 4.22. The van der Waals surface area contributed by atoms with Crippen molar-refractivity contribution in [2.24, 2.45) is 0 Å². The third-order valence-electron chi connectivity index (χ3n) is 2.31. The van der Waals surface area contributed by atoms with Crippen LogP contribution in [0, 0.1) is 0 Å². The summed E-state index contributed by atoms with van der Waals surface area (Å²) >= 11 is 0. The van der Waals surface area contributed by atoms with E-state index in [0.717, 1.165) is 13.0 Å². The maximum atomic E-state index is 11.8. The van der Waals surface area contributed by atoms with Gasteiger partial charge in [-0.1, -0.05) is 6.92 Å². The number of esters is 1. The summed E-state index contributed by atoms with van der Waals surface area (Å²) < 4.78 is 15.3. The number of rotatable bonds is 10. The molecule has 0 spiro atoms. The van der Waals surface area contributed by atoms with E-state index in [0.29, 0.717) is 19.8 Å². The molecule has 0 heterocycles. The van der Waals surface area contributed by atoms with Gasteiger partial charge in [0.2, 0.25) is 0 Å². The van der Waals surface area contributed by atoms with E-state index in [1.165, 1.54) is 0 Å². The molecule has 0 aromatic heterocycles. The summed E-state index contributed by atoms with van der Waals surface area (Å²) in [6.45, 7) is 8.05. The monoisotopic (exact) mass is 247 g/mol. The van der Waals surface area contributed by atoms with Gasteiger partial charge in [0.1, 0.15) is 5.54 Å². The molecule has 17 heavy (non-hydrogen) atoms. The number of hydrogen-bond acceptors (Lipinski definition) is 5. The zero-order valence-electron chi connectivity index (χ0n) is 11.4. The van der Waals surface area contributed by atoms with E-state index in [9.17, 15) is 4.79 Å². The Labute approximate surface area is 104 Å². The van der Waals surface area contributed by atoms with Gasteiger partial charge in [-0.3, -0.25) is 0 Å². The molecule has 0 bridgehead atoms. The van der Waals surface area contributed by atoms with E-state index in [2.05, 4.69) is 5.32 Å². The first-order chi connectivity index (χ1) is 8.10. The molecule has 0 aromatic carbocycles. The highest BCUT2D eigenvalue weighted by molar-refractivity contribution is 5.80. The van der Waals surface area contributed by atoms with E-state index in [-0.39, 0.29) is 12.6 Å². The second kappa shape index (κ2) is 9.39. The zero-order chi connectivity index (χ0) is 13.1. The standard InChI is InChI=1S/C12H25NO4/c1-5-7-13-12(3,11(14)17-6-2)10-16-9-8-15-4/h13H,5-10H2,1-4H3. The third kappa shape index (κ3) is 6.61. The van der Waals surface area contributed by atoms with Gasteiger partial charge in [0, 0.05) is 7.11 Å². The maximum Gasteiger partial charge on any atom is 0.328 e. The summed E-state index contributed by atoms with van der Waals surface area (Å²) in [7, 11) is 1.61. The Hall–Kier alpha value is -0.650. The molecule has 0 radical (unpaired) electrons. The Morgan fingerprint density at radius 2 is 2.00 bits per heavy atom. The number of nitrogens with one attached hydrogen (secondary N) is 1. The highest BCUT2D eigenvalue weighted by Crippen LogP contribution is 2.08. The fourth-order valence-corrected chi connectivity index (χ4v) is 1.29. The zero-order valence-corrected chi connectivity index (χ0v) is 11.4. The van der Waals surface area contributed by atoms with E-state index < -0.39 is 5.54 Å². The molecule has 0 fully saturated rings. The van der Waals surface area contributed by atoms with Crippen LogP contribution in [0.2, 0.25) is 0 Å². The van der Waals surface area contributed by atoms with Crippen LogP contribution in [0.1, 0.15) is 27.2 Å². The van der Waals surface area contributed by atoms with Crippen molar-refractivity contribution in [2.75, 3.05) is 40.1 Å². The summed E-state index contributed by atoms with van der Waals surface area (Å²) in [5.74, 6) is -0.272. The van der Waals surface area contributed by atoms with Crippen LogP contribution in [0.15, 0.2) is 0 Å². The van der Waals surface area contributed by atoms with Crippen molar-refractivity contribution in [3.8, 4) is 0 Å². The minimum absolute atomic E-state index is 0.272. The van der Waals surface area contributed by atoms with Crippen LogP contribution in [0.4, 0.5) is 0 Å². The smallest absolute Gasteiger partial charge is 0.328 e. The number of carbonyl (C=O) groups excluding carboxylic acids is 1. The molecule has 102 valence electrons.